The molecule has 25 heavy (non-hydrogen) atoms. The van der Waals surface area contributed by atoms with Crippen LogP contribution in [-0.4, -0.2) is 11.1 Å². The van der Waals surface area contributed by atoms with E-state index >= 15 is 0 Å². The van der Waals surface area contributed by atoms with Crippen molar-refractivity contribution in [2.75, 3.05) is 4.90 Å². The van der Waals surface area contributed by atoms with Crippen LogP contribution < -0.4 is 4.90 Å². The molecule has 3 rings (SSSR count). The Balaban J connectivity index is 2.01. The minimum atomic E-state index is -0.934. The zero-order valence-corrected chi connectivity index (χ0v) is 14.0. The summed E-state index contributed by atoms with van der Waals surface area (Å²) in [4.78, 5) is 13.0. The largest absolute Gasteiger partial charge is 0.478 e. The molecule has 0 radical (unpaired) electrons. The van der Waals surface area contributed by atoms with Crippen molar-refractivity contribution in [3.63, 3.8) is 0 Å². The Morgan fingerprint density at radius 1 is 0.760 bits per heavy atom. The van der Waals surface area contributed by atoms with Crippen LogP contribution in [0.15, 0.2) is 91.0 Å². The normalized spacial score (nSPS) is 11.2. The van der Waals surface area contributed by atoms with Crippen LogP contribution in [0.1, 0.15) is 12.5 Å². The van der Waals surface area contributed by atoms with Crippen molar-refractivity contribution in [2.24, 2.45) is 0 Å². The molecule has 0 spiro atoms. The van der Waals surface area contributed by atoms with Crippen molar-refractivity contribution >= 4 is 28.6 Å². The fourth-order valence-electron chi connectivity index (χ4n) is 2.74. The molecule has 0 aliphatic rings. The topological polar surface area (TPSA) is 40.5 Å². The van der Waals surface area contributed by atoms with Crippen LogP contribution in [0.25, 0.3) is 5.57 Å². The van der Waals surface area contributed by atoms with Crippen LogP contribution in [0.3, 0.4) is 0 Å². The number of aliphatic carboxylic acids is 1. The second kappa shape index (κ2) is 7.49. The van der Waals surface area contributed by atoms with E-state index < -0.39 is 5.97 Å². The summed E-state index contributed by atoms with van der Waals surface area (Å²) in [6.07, 6.45) is 1.22. The molecule has 1 N–H and O–H groups in total. The Labute approximate surface area is 147 Å². The van der Waals surface area contributed by atoms with Gasteiger partial charge in [-0.1, -0.05) is 48.5 Å². The first-order valence-electron chi connectivity index (χ1n) is 8.07. The van der Waals surface area contributed by atoms with Gasteiger partial charge in [-0.2, -0.15) is 0 Å². The molecule has 3 heteroatoms. The average molecular weight is 329 g/mol. The molecular formula is C22H19NO2. The number of carboxylic acids is 1. The second-order valence-corrected chi connectivity index (χ2v) is 5.72. The fourth-order valence-corrected chi connectivity index (χ4v) is 2.74. The van der Waals surface area contributed by atoms with Crippen LogP contribution in [0.5, 0.6) is 0 Å². The quantitative estimate of drug-likeness (QED) is 0.615. The van der Waals surface area contributed by atoms with E-state index in [1.807, 2.05) is 60.7 Å². The van der Waals surface area contributed by atoms with Gasteiger partial charge in [0, 0.05) is 23.1 Å². The van der Waals surface area contributed by atoms with Crippen LogP contribution in [0.2, 0.25) is 0 Å². The molecule has 0 aliphatic carbocycles. The molecule has 3 aromatic rings. The van der Waals surface area contributed by atoms with Crippen LogP contribution >= 0.6 is 0 Å². The van der Waals surface area contributed by atoms with Gasteiger partial charge in [0.05, 0.1) is 0 Å². The Kier molecular flexibility index (Phi) is 4.95. The smallest absolute Gasteiger partial charge is 0.328 e. The molecule has 0 atom stereocenters. The molecule has 0 aliphatic heterocycles. The number of hydrogen-bond donors (Lipinski definition) is 1. The van der Waals surface area contributed by atoms with Crippen LogP contribution in [-0.2, 0) is 4.79 Å². The highest BCUT2D eigenvalue weighted by Crippen LogP contribution is 2.34. The number of carboxylic acid groups (broad SMARTS) is 1. The lowest BCUT2D eigenvalue weighted by Crippen LogP contribution is -2.09. The van der Waals surface area contributed by atoms with Gasteiger partial charge >= 0.3 is 5.97 Å². The fraction of sp³-hybridized carbons (Fsp3) is 0.0455. The summed E-state index contributed by atoms with van der Waals surface area (Å²) in [5, 5.41) is 8.90. The molecule has 124 valence electrons. The van der Waals surface area contributed by atoms with Gasteiger partial charge in [0.1, 0.15) is 0 Å². The monoisotopic (exact) mass is 329 g/mol. The van der Waals surface area contributed by atoms with Crippen molar-refractivity contribution in [3.8, 4) is 0 Å². The zero-order valence-electron chi connectivity index (χ0n) is 14.0. The summed E-state index contributed by atoms with van der Waals surface area (Å²) in [5.41, 5.74) is 4.78. The Morgan fingerprint density at radius 3 is 1.64 bits per heavy atom. The first-order valence-corrected chi connectivity index (χ1v) is 8.07. The molecule has 3 aromatic carbocycles. The average Bonchev–Trinajstić information content (AvgIpc) is 2.64. The van der Waals surface area contributed by atoms with Gasteiger partial charge in [0.2, 0.25) is 0 Å². The Morgan fingerprint density at radius 2 is 1.20 bits per heavy atom. The number of benzene rings is 3. The van der Waals surface area contributed by atoms with E-state index in [2.05, 4.69) is 29.2 Å². The third-order valence-electron chi connectivity index (χ3n) is 3.95. The lowest BCUT2D eigenvalue weighted by Gasteiger charge is -2.25. The number of allylic oxidation sites excluding steroid dienone is 1. The molecule has 0 bridgehead atoms. The lowest BCUT2D eigenvalue weighted by molar-refractivity contribution is -0.131. The molecular weight excluding hydrogens is 310 g/mol. The standard InChI is InChI=1S/C22H19NO2/c1-17(16-22(24)25)18-12-14-21(15-13-18)23(19-8-4-2-5-9-19)20-10-6-3-7-11-20/h2-16H,1H3,(H,24,25)/b17-16-. The number of nitrogens with zero attached hydrogens (tertiary/aromatic N) is 1. The van der Waals surface area contributed by atoms with Gasteiger partial charge in [0.15, 0.2) is 0 Å². The van der Waals surface area contributed by atoms with Gasteiger partial charge in [-0.05, 0) is 54.5 Å². The van der Waals surface area contributed by atoms with Crippen molar-refractivity contribution in [2.45, 2.75) is 6.92 Å². The summed E-state index contributed by atoms with van der Waals surface area (Å²) >= 11 is 0. The molecule has 0 fully saturated rings. The predicted molar refractivity (Wildman–Crippen MR) is 102 cm³/mol. The summed E-state index contributed by atoms with van der Waals surface area (Å²) in [6.45, 7) is 1.80. The maximum Gasteiger partial charge on any atom is 0.328 e. The third kappa shape index (κ3) is 3.96. The number of rotatable bonds is 5. The molecule has 0 saturated carbocycles. The number of para-hydroxylation sites is 2. The second-order valence-electron chi connectivity index (χ2n) is 5.72. The highest BCUT2D eigenvalue weighted by Gasteiger charge is 2.11. The first kappa shape index (κ1) is 16.5. The van der Waals surface area contributed by atoms with E-state index in [-0.39, 0.29) is 0 Å². The third-order valence-corrected chi connectivity index (χ3v) is 3.95. The minimum Gasteiger partial charge on any atom is -0.478 e. The van der Waals surface area contributed by atoms with Crippen molar-refractivity contribution < 1.29 is 9.90 Å². The Hall–Kier alpha value is -3.33. The SMILES string of the molecule is C/C(=C/C(=O)O)c1ccc(N(c2ccccc2)c2ccccc2)cc1. The summed E-state index contributed by atoms with van der Waals surface area (Å²) in [6, 6.07) is 28.2. The number of carbonyl (C=O) groups is 1. The summed E-state index contributed by atoms with van der Waals surface area (Å²) in [5.74, 6) is -0.934. The number of anilines is 3. The van der Waals surface area contributed by atoms with Crippen molar-refractivity contribution in [1.29, 1.82) is 0 Å². The van der Waals surface area contributed by atoms with E-state index in [1.165, 1.54) is 6.08 Å². The Bertz CT molecular complexity index is 829. The molecule has 0 amide bonds. The van der Waals surface area contributed by atoms with Crippen molar-refractivity contribution in [1.82, 2.24) is 0 Å². The van der Waals surface area contributed by atoms with Gasteiger partial charge < -0.3 is 10.0 Å². The predicted octanol–water partition coefficient (Wildman–Crippen LogP) is 5.64. The van der Waals surface area contributed by atoms with E-state index in [0.717, 1.165) is 28.2 Å². The summed E-state index contributed by atoms with van der Waals surface area (Å²) < 4.78 is 0. The summed E-state index contributed by atoms with van der Waals surface area (Å²) in [7, 11) is 0. The molecule has 0 unspecified atom stereocenters. The van der Waals surface area contributed by atoms with Crippen LogP contribution in [0.4, 0.5) is 17.1 Å². The highest BCUT2D eigenvalue weighted by molar-refractivity contribution is 5.89. The van der Waals surface area contributed by atoms with E-state index in [4.69, 9.17) is 5.11 Å². The molecule has 0 aromatic heterocycles. The molecule has 0 heterocycles. The van der Waals surface area contributed by atoms with E-state index in [0.29, 0.717) is 0 Å². The first-order chi connectivity index (χ1) is 12.1. The minimum absolute atomic E-state index is 0.727. The van der Waals surface area contributed by atoms with E-state index in [9.17, 15) is 4.79 Å². The number of hydrogen-bond acceptors (Lipinski definition) is 2. The maximum atomic E-state index is 10.8. The molecule has 3 nitrogen and oxygen atoms in total. The van der Waals surface area contributed by atoms with E-state index in [1.54, 1.807) is 6.92 Å². The zero-order chi connectivity index (χ0) is 17.6. The maximum absolute atomic E-state index is 10.8. The van der Waals surface area contributed by atoms with Gasteiger partial charge in [-0.25, -0.2) is 4.79 Å². The van der Waals surface area contributed by atoms with Crippen molar-refractivity contribution in [3.05, 3.63) is 96.6 Å². The van der Waals surface area contributed by atoms with Crippen LogP contribution in [0, 0.1) is 0 Å². The molecule has 0 saturated heterocycles. The van der Waals surface area contributed by atoms with Gasteiger partial charge in [0.25, 0.3) is 0 Å². The van der Waals surface area contributed by atoms with Gasteiger partial charge in [-0.3, -0.25) is 0 Å². The highest BCUT2D eigenvalue weighted by atomic mass is 16.4. The van der Waals surface area contributed by atoms with Gasteiger partial charge in [-0.15, -0.1) is 0 Å². The lowest BCUT2D eigenvalue weighted by atomic mass is 10.1.